The Morgan fingerprint density at radius 3 is 2.55 bits per heavy atom. The van der Waals surface area contributed by atoms with E-state index in [1.54, 1.807) is 12.1 Å². The number of amides is 2. The zero-order valence-electron chi connectivity index (χ0n) is 16.2. The zero-order chi connectivity index (χ0) is 22.1. The molecule has 0 radical (unpaired) electrons. The highest BCUT2D eigenvalue weighted by atomic mass is 35.5. The molecule has 1 aliphatic rings. The van der Waals surface area contributed by atoms with Crippen LogP contribution in [0.3, 0.4) is 0 Å². The molecule has 156 valence electrons. The second kappa shape index (κ2) is 8.41. The standard InChI is InChI=1S/C22H15ClN2O5S/c1-13-2-4-14(5-3-13)12-24-21(26)20(31-22(24)27)11-16-7-9-19(30-16)17-8-6-15(25(28)29)10-18(17)23/h2-11H,12H2,1H3/b20-11-. The van der Waals surface area contributed by atoms with Crippen LogP contribution in [-0.4, -0.2) is 21.0 Å². The molecule has 9 heteroatoms. The van der Waals surface area contributed by atoms with Crippen LogP contribution in [0.1, 0.15) is 16.9 Å². The average Bonchev–Trinajstić information content (AvgIpc) is 3.29. The van der Waals surface area contributed by atoms with E-state index in [-0.39, 0.29) is 33.3 Å². The molecule has 1 aromatic heterocycles. The molecule has 0 bridgehead atoms. The summed E-state index contributed by atoms with van der Waals surface area (Å²) in [5, 5.41) is 10.7. The van der Waals surface area contributed by atoms with Gasteiger partial charge in [-0.2, -0.15) is 0 Å². The number of hydrogen-bond acceptors (Lipinski definition) is 6. The minimum Gasteiger partial charge on any atom is -0.457 e. The van der Waals surface area contributed by atoms with Gasteiger partial charge >= 0.3 is 0 Å². The third-order valence-corrected chi connectivity index (χ3v) is 5.88. The number of aryl methyl sites for hydroxylation is 1. The molecular formula is C22H15ClN2O5S. The van der Waals surface area contributed by atoms with E-state index in [0.717, 1.165) is 22.9 Å². The number of furan rings is 1. The van der Waals surface area contributed by atoms with Crippen LogP contribution in [-0.2, 0) is 11.3 Å². The zero-order valence-corrected chi connectivity index (χ0v) is 17.8. The van der Waals surface area contributed by atoms with Crippen LogP contribution in [0.4, 0.5) is 10.5 Å². The van der Waals surface area contributed by atoms with Gasteiger partial charge < -0.3 is 4.42 Å². The minimum absolute atomic E-state index is 0.122. The van der Waals surface area contributed by atoms with Crippen molar-refractivity contribution in [1.82, 2.24) is 4.90 Å². The van der Waals surface area contributed by atoms with Crippen LogP contribution in [0.5, 0.6) is 0 Å². The fourth-order valence-corrected chi connectivity index (χ4v) is 4.12. The molecule has 2 aromatic carbocycles. The smallest absolute Gasteiger partial charge is 0.293 e. The number of imide groups is 1. The summed E-state index contributed by atoms with van der Waals surface area (Å²) in [6, 6.07) is 15.0. The molecule has 0 spiro atoms. The van der Waals surface area contributed by atoms with Gasteiger partial charge in [0.1, 0.15) is 11.5 Å². The number of non-ortho nitro benzene ring substituents is 1. The Labute approximate surface area is 186 Å². The van der Waals surface area contributed by atoms with Crippen molar-refractivity contribution in [2.24, 2.45) is 0 Å². The van der Waals surface area contributed by atoms with E-state index < -0.39 is 4.92 Å². The molecule has 1 saturated heterocycles. The van der Waals surface area contributed by atoms with Crippen molar-refractivity contribution >= 4 is 46.3 Å². The summed E-state index contributed by atoms with van der Waals surface area (Å²) in [5.74, 6) is 0.372. The summed E-state index contributed by atoms with van der Waals surface area (Å²) in [4.78, 5) is 36.8. The van der Waals surface area contributed by atoms with Crippen LogP contribution in [0, 0.1) is 17.0 Å². The first-order valence-corrected chi connectivity index (χ1v) is 10.4. The number of nitrogens with zero attached hydrogens (tertiary/aromatic N) is 2. The van der Waals surface area contributed by atoms with Crippen molar-refractivity contribution in [2.45, 2.75) is 13.5 Å². The molecule has 2 heterocycles. The number of carbonyl (C=O) groups is 2. The molecule has 0 saturated carbocycles. The third kappa shape index (κ3) is 4.40. The molecular weight excluding hydrogens is 440 g/mol. The quantitative estimate of drug-likeness (QED) is 0.264. The highest BCUT2D eigenvalue weighted by Gasteiger charge is 2.35. The number of hydrogen-bond donors (Lipinski definition) is 0. The largest absolute Gasteiger partial charge is 0.457 e. The lowest BCUT2D eigenvalue weighted by Gasteiger charge is -2.12. The molecule has 1 fully saturated rings. The first-order chi connectivity index (χ1) is 14.8. The van der Waals surface area contributed by atoms with E-state index in [2.05, 4.69) is 0 Å². The van der Waals surface area contributed by atoms with E-state index >= 15 is 0 Å². The van der Waals surface area contributed by atoms with Crippen molar-refractivity contribution in [3.8, 4) is 11.3 Å². The topological polar surface area (TPSA) is 93.7 Å². The summed E-state index contributed by atoms with van der Waals surface area (Å²) in [5.41, 5.74) is 2.32. The summed E-state index contributed by atoms with van der Waals surface area (Å²) < 4.78 is 5.74. The molecule has 0 N–H and O–H groups in total. The molecule has 0 aliphatic carbocycles. The molecule has 0 unspecified atom stereocenters. The Bertz CT molecular complexity index is 1230. The average molecular weight is 455 g/mol. The van der Waals surface area contributed by atoms with Crippen LogP contribution < -0.4 is 0 Å². The maximum atomic E-state index is 12.7. The van der Waals surface area contributed by atoms with Crippen LogP contribution >= 0.6 is 23.4 Å². The van der Waals surface area contributed by atoms with Gasteiger partial charge in [0.25, 0.3) is 16.8 Å². The number of carbonyl (C=O) groups excluding carboxylic acids is 2. The van der Waals surface area contributed by atoms with Gasteiger partial charge in [0.15, 0.2) is 0 Å². The van der Waals surface area contributed by atoms with Gasteiger partial charge in [-0.3, -0.25) is 24.6 Å². The highest BCUT2D eigenvalue weighted by molar-refractivity contribution is 8.18. The molecule has 4 rings (SSSR count). The van der Waals surface area contributed by atoms with Gasteiger partial charge in [0.05, 0.1) is 21.4 Å². The summed E-state index contributed by atoms with van der Waals surface area (Å²) in [6.07, 6.45) is 1.50. The summed E-state index contributed by atoms with van der Waals surface area (Å²) in [7, 11) is 0. The van der Waals surface area contributed by atoms with E-state index in [1.807, 2.05) is 31.2 Å². The van der Waals surface area contributed by atoms with Gasteiger partial charge in [-0.1, -0.05) is 41.4 Å². The lowest BCUT2D eigenvalue weighted by molar-refractivity contribution is -0.384. The van der Waals surface area contributed by atoms with Crippen molar-refractivity contribution < 1.29 is 18.9 Å². The molecule has 1 aliphatic heterocycles. The SMILES string of the molecule is Cc1ccc(CN2C(=O)S/C(=C\c3ccc(-c4ccc([N+](=O)[O-])cc4Cl)o3)C2=O)cc1. The van der Waals surface area contributed by atoms with E-state index in [4.69, 9.17) is 16.0 Å². The van der Waals surface area contributed by atoms with E-state index in [0.29, 0.717) is 17.1 Å². The number of rotatable bonds is 5. The van der Waals surface area contributed by atoms with Crippen LogP contribution in [0.2, 0.25) is 5.02 Å². The van der Waals surface area contributed by atoms with Gasteiger partial charge in [-0.25, -0.2) is 0 Å². The Morgan fingerprint density at radius 2 is 1.87 bits per heavy atom. The predicted molar refractivity (Wildman–Crippen MR) is 119 cm³/mol. The van der Waals surface area contributed by atoms with Crippen LogP contribution in [0.15, 0.2) is 63.9 Å². The van der Waals surface area contributed by atoms with Crippen molar-refractivity contribution in [1.29, 1.82) is 0 Å². The first-order valence-electron chi connectivity index (χ1n) is 9.17. The molecule has 3 aromatic rings. The monoisotopic (exact) mass is 454 g/mol. The molecule has 31 heavy (non-hydrogen) atoms. The Kier molecular flexibility index (Phi) is 5.67. The van der Waals surface area contributed by atoms with Crippen LogP contribution in [0.25, 0.3) is 17.4 Å². The summed E-state index contributed by atoms with van der Waals surface area (Å²) >= 11 is 7.00. The lowest BCUT2D eigenvalue weighted by atomic mass is 10.1. The second-order valence-corrected chi connectivity index (χ2v) is 8.28. The van der Waals surface area contributed by atoms with E-state index in [9.17, 15) is 19.7 Å². The maximum absolute atomic E-state index is 12.7. The molecule has 2 amide bonds. The fraction of sp³-hybridized carbons (Fsp3) is 0.0909. The minimum atomic E-state index is -0.532. The fourth-order valence-electron chi connectivity index (χ4n) is 3.03. The number of nitro groups is 1. The Hall–Kier alpha value is -3.36. The molecule has 0 atom stereocenters. The number of thioether (sulfide) groups is 1. The van der Waals surface area contributed by atoms with E-state index in [1.165, 1.54) is 29.2 Å². The number of benzene rings is 2. The summed E-state index contributed by atoms with van der Waals surface area (Å²) in [6.45, 7) is 2.16. The lowest BCUT2D eigenvalue weighted by Crippen LogP contribution is -2.27. The van der Waals surface area contributed by atoms with Gasteiger partial charge in [-0.15, -0.1) is 0 Å². The molecule has 7 nitrogen and oxygen atoms in total. The van der Waals surface area contributed by atoms with Crippen molar-refractivity contribution in [3.63, 3.8) is 0 Å². The number of halogens is 1. The first kappa shape index (κ1) is 20.9. The number of nitro benzene ring substituents is 1. The van der Waals surface area contributed by atoms with Crippen molar-refractivity contribution in [3.05, 3.63) is 91.5 Å². The van der Waals surface area contributed by atoms with Gasteiger partial charge in [-0.05, 0) is 42.4 Å². The Morgan fingerprint density at radius 1 is 1.13 bits per heavy atom. The van der Waals surface area contributed by atoms with Crippen molar-refractivity contribution in [2.75, 3.05) is 0 Å². The maximum Gasteiger partial charge on any atom is 0.293 e. The Balaban J connectivity index is 1.54. The van der Waals surface area contributed by atoms with Gasteiger partial charge in [0.2, 0.25) is 0 Å². The van der Waals surface area contributed by atoms with Gasteiger partial charge in [0, 0.05) is 23.8 Å². The normalized spacial score (nSPS) is 15.2. The highest BCUT2D eigenvalue weighted by Crippen LogP contribution is 2.36. The second-order valence-electron chi connectivity index (χ2n) is 6.88. The third-order valence-electron chi connectivity index (χ3n) is 4.66. The predicted octanol–water partition coefficient (Wildman–Crippen LogP) is 6.05.